The Hall–Kier alpha value is -2.31. The molecule has 3 saturated heterocycles. The molecule has 1 amide bonds. The van der Waals surface area contributed by atoms with Crippen molar-refractivity contribution in [3.05, 3.63) is 35.0 Å². The summed E-state index contributed by atoms with van der Waals surface area (Å²) in [5, 5.41) is 4.94. The maximum atomic E-state index is 13.7. The van der Waals surface area contributed by atoms with Crippen LogP contribution in [0.25, 0.3) is 11.3 Å². The van der Waals surface area contributed by atoms with Crippen LogP contribution in [0.2, 0.25) is 0 Å². The zero-order chi connectivity index (χ0) is 26.3. The molecular weight excluding hydrogens is 506 g/mol. The van der Waals surface area contributed by atoms with Gasteiger partial charge in [-0.3, -0.25) is 19.3 Å². The fourth-order valence-corrected chi connectivity index (χ4v) is 8.16. The molecule has 2 aromatic rings. The molecule has 6 rings (SSSR count). The van der Waals surface area contributed by atoms with Crippen LogP contribution in [0, 0.1) is 6.92 Å². The monoisotopic (exact) mass is 543 g/mol. The Bertz CT molecular complexity index is 1300. The van der Waals surface area contributed by atoms with Crippen LogP contribution in [-0.4, -0.2) is 118 Å². The topological polar surface area (TPSA) is 97.2 Å². The number of rotatable bonds is 5. The Kier molecular flexibility index (Phi) is 7.30. The van der Waals surface area contributed by atoms with Gasteiger partial charge < -0.3 is 14.4 Å². The van der Waals surface area contributed by atoms with Gasteiger partial charge in [-0.05, 0) is 31.9 Å². The number of benzene rings is 1. The van der Waals surface area contributed by atoms with Gasteiger partial charge in [-0.15, -0.1) is 0 Å². The number of fused-ring (bicyclic) bond motifs is 3. The summed E-state index contributed by atoms with van der Waals surface area (Å²) >= 11 is 0. The van der Waals surface area contributed by atoms with E-state index in [1.54, 1.807) is 4.90 Å². The highest BCUT2D eigenvalue weighted by Gasteiger charge is 2.39. The largest absolute Gasteiger partial charge is 0.379 e. The Labute approximate surface area is 224 Å². The minimum Gasteiger partial charge on any atom is -0.379 e. The molecule has 38 heavy (non-hydrogen) atoms. The predicted octanol–water partition coefficient (Wildman–Crippen LogP) is 1.59. The second-order valence-corrected chi connectivity index (χ2v) is 12.7. The van der Waals surface area contributed by atoms with Crippen molar-refractivity contribution in [2.75, 3.05) is 78.8 Å². The molecule has 0 radical (unpaired) electrons. The number of aryl methyl sites for hydroxylation is 1. The lowest BCUT2D eigenvalue weighted by molar-refractivity contribution is 0.0294. The van der Waals surface area contributed by atoms with Crippen LogP contribution in [0.5, 0.6) is 0 Å². The molecule has 1 atom stereocenters. The number of hydrogen-bond donors (Lipinski definition) is 0. The summed E-state index contributed by atoms with van der Waals surface area (Å²) in [6.45, 7) is 11.2. The van der Waals surface area contributed by atoms with Crippen LogP contribution in [0.3, 0.4) is 0 Å². The van der Waals surface area contributed by atoms with Crippen molar-refractivity contribution < 1.29 is 22.7 Å². The third-order valence-electron chi connectivity index (χ3n) is 8.28. The number of likely N-dealkylation sites (tertiary alicyclic amines) is 1. The zero-order valence-electron chi connectivity index (χ0n) is 22.1. The van der Waals surface area contributed by atoms with Gasteiger partial charge in [0.1, 0.15) is 0 Å². The molecule has 0 spiro atoms. The number of sulfone groups is 1. The first kappa shape index (κ1) is 25.9. The van der Waals surface area contributed by atoms with Crippen LogP contribution >= 0.6 is 0 Å². The second-order valence-electron chi connectivity index (χ2n) is 10.8. The number of nitrogens with zero attached hydrogens (tertiary/aromatic N) is 5. The van der Waals surface area contributed by atoms with Crippen LogP contribution in [0.1, 0.15) is 40.5 Å². The van der Waals surface area contributed by atoms with E-state index in [4.69, 9.17) is 14.6 Å². The molecule has 1 aromatic heterocycles. The molecule has 4 aliphatic rings. The molecule has 0 N–H and O–H groups in total. The fraction of sp³-hybridized carbons (Fsp3) is 0.630. The number of morpholine rings is 2. The number of piperidine rings is 1. The third kappa shape index (κ3) is 4.90. The van der Waals surface area contributed by atoms with E-state index < -0.39 is 9.84 Å². The van der Waals surface area contributed by atoms with Gasteiger partial charge in [0, 0.05) is 56.9 Å². The molecular formula is C27H37N5O5S. The van der Waals surface area contributed by atoms with Gasteiger partial charge in [0.25, 0.3) is 5.91 Å². The van der Waals surface area contributed by atoms with Gasteiger partial charge in [-0.2, -0.15) is 5.10 Å². The average molecular weight is 544 g/mol. The molecule has 5 heterocycles. The van der Waals surface area contributed by atoms with E-state index in [2.05, 4.69) is 9.80 Å². The lowest BCUT2D eigenvalue weighted by Crippen LogP contribution is -2.44. The van der Waals surface area contributed by atoms with Gasteiger partial charge in [-0.25, -0.2) is 8.42 Å². The lowest BCUT2D eigenvalue weighted by atomic mass is 10.0. The number of carbonyl (C=O) groups is 1. The first-order valence-corrected chi connectivity index (χ1v) is 15.4. The minimum atomic E-state index is -3.60. The quantitative estimate of drug-likeness (QED) is 0.561. The normalized spacial score (nSPS) is 24.1. The van der Waals surface area contributed by atoms with E-state index in [0.717, 1.165) is 76.6 Å². The summed E-state index contributed by atoms with van der Waals surface area (Å²) < 4.78 is 39.9. The van der Waals surface area contributed by atoms with E-state index in [1.165, 1.54) is 0 Å². The van der Waals surface area contributed by atoms with Gasteiger partial charge in [0.2, 0.25) is 0 Å². The molecule has 1 aromatic carbocycles. The van der Waals surface area contributed by atoms with Crippen molar-refractivity contribution >= 4 is 15.7 Å². The van der Waals surface area contributed by atoms with Crippen molar-refractivity contribution in [3.8, 4) is 11.3 Å². The highest BCUT2D eigenvalue weighted by Crippen LogP contribution is 2.43. The average Bonchev–Trinajstić information content (AvgIpc) is 3.31. The van der Waals surface area contributed by atoms with Crippen molar-refractivity contribution in [1.82, 2.24) is 24.5 Å². The summed E-state index contributed by atoms with van der Waals surface area (Å²) in [5.41, 5.74) is 3.03. The fourth-order valence-electron chi connectivity index (χ4n) is 6.30. The molecule has 3 fully saturated rings. The van der Waals surface area contributed by atoms with Crippen molar-refractivity contribution in [3.63, 3.8) is 0 Å². The number of hydrogen-bond acceptors (Lipinski definition) is 8. The van der Waals surface area contributed by atoms with E-state index >= 15 is 0 Å². The van der Waals surface area contributed by atoms with Crippen molar-refractivity contribution in [2.24, 2.45) is 0 Å². The predicted molar refractivity (Wildman–Crippen MR) is 142 cm³/mol. The first-order chi connectivity index (χ1) is 18.4. The Balaban J connectivity index is 1.36. The summed E-state index contributed by atoms with van der Waals surface area (Å²) in [5.74, 6) is -0.395. The lowest BCUT2D eigenvalue weighted by Gasteiger charge is -2.36. The molecule has 206 valence electrons. The van der Waals surface area contributed by atoms with E-state index in [9.17, 15) is 13.2 Å². The standard InChI is InChI=1S/C27H37N5O5S/c1-20-4-2-6-22-25-23(19-38(34,35)26(20)22)24(27(33)31-12-16-37-17-13-31)28-32(25)21-5-3-7-30(18-21)9-8-29-10-14-36-15-11-29/h2,4,6,21H,3,5,7-19H2,1H3. The Morgan fingerprint density at radius 3 is 2.47 bits per heavy atom. The highest BCUT2D eigenvalue weighted by molar-refractivity contribution is 7.91. The minimum absolute atomic E-state index is 0.0718. The van der Waals surface area contributed by atoms with Crippen LogP contribution < -0.4 is 0 Å². The Morgan fingerprint density at radius 1 is 1.00 bits per heavy atom. The van der Waals surface area contributed by atoms with Gasteiger partial charge >= 0.3 is 0 Å². The maximum absolute atomic E-state index is 13.7. The van der Waals surface area contributed by atoms with Gasteiger partial charge in [-0.1, -0.05) is 18.2 Å². The highest BCUT2D eigenvalue weighted by atomic mass is 32.2. The molecule has 0 aliphatic carbocycles. The third-order valence-corrected chi connectivity index (χ3v) is 10.1. The van der Waals surface area contributed by atoms with Crippen molar-refractivity contribution in [1.29, 1.82) is 0 Å². The molecule has 11 heteroatoms. The Morgan fingerprint density at radius 2 is 1.71 bits per heavy atom. The van der Waals surface area contributed by atoms with Crippen LogP contribution in [0.4, 0.5) is 0 Å². The van der Waals surface area contributed by atoms with E-state index in [1.807, 2.05) is 29.8 Å². The molecule has 4 aliphatic heterocycles. The number of amides is 1. The SMILES string of the molecule is Cc1cccc2c1S(=O)(=O)Cc1c(C(=O)N3CCOCC3)nn(C3CCCN(CCN4CCOCC4)C3)c1-2. The molecule has 0 bridgehead atoms. The van der Waals surface area contributed by atoms with Crippen LogP contribution in [-0.2, 0) is 25.1 Å². The van der Waals surface area contributed by atoms with Gasteiger partial charge in [0.05, 0.1) is 48.8 Å². The maximum Gasteiger partial charge on any atom is 0.274 e. The van der Waals surface area contributed by atoms with Gasteiger partial charge in [0.15, 0.2) is 15.5 Å². The zero-order valence-corrected chi connectivity index (χ0v) is 22.9. The second kappa shape index (κ2) is 10.7. The van der Waals surface area contributed by atoms with Crippen molar-refractivity contribution in [2.45, 2.75) is 36.5 Å². The molecule has 10 nitrogen and oxygen atoms in total. The van der Waals surface area contributed by atoms with E-state index in [-0.39, 0.29) is 23.4 Å². The molecule has 1 unspecified atom stereocenters. The summed E-state index contributed by atoms with van der Waals surface area (Å²) in [6.07, 6.45) is 1.98. The number of ether oxygens (including phenoxy) is 2. The number of aromatic nitrogens is 2. The van der Waals surface area contributed by atoms with Crippen LogP contribution in [0.15, 0.2) is 23.1 Å². The van der Waals surface area contributed by atoms with E-state index in [0.29, 0.717) is 42.3 Å². The molecule has 0 saturated carbocycles. The first-order valence-electron chi connectivity index (χ1n) is 13.8. The summed E-state index contributed by atoms with van der Waals surface area (Å²) in [4.78, 5) is 20.7. The summed E-state index contributed by atoms with van der Waals surface area (Å²) in [6, 6.07) is 5.69. The number of carbonyl (C=O) groups excluding carboxylic acids is 1. The smallest absolute Gasteiger partial charge is 0.274 e. The summed E-state index contributed by atoms with van der Waals surface area (Å²) in [7, 11) is -3.60.